The first kappa shape index (κ1) is 12.9. The highest BCUT2D eigenvalue weighted by Gasteiger charge is 2.29. The van der Waals surface area contributed by atoms with Crippen LogP contribution in [-0.2, 0) is 0 Å². The molecule has 1 aliphatic heterocycles. The number of nitrogens with zero attached hydrogens (tertiary/aromatic N) is 2. The molecule has 0 aliphatic carbocycles. The number of rotatable bonds is 5. The fourth-order valence-corrected chi connectivity index (χ4v) is 2.31. The van der Waals surface area contributed by atoms with Crippen molar-refractivity contribution in [1.82, 2.24) is 9.80 Å². The van der Waals surface area contributed by atoms with Gasteiger partial charge in [-0.2, -0.15) is 0 Å². The number of likely N-dealkylation sites (N-methyl/N-ethyl adjacent to an activating group) is 1. The Hall–Kier alpha value is -0.120. The number of likely N-dealkylation sites (tertiary alicyclic amines) is 1. The third-order valence-corrected chi connectivity index (χ3v) is 3.45. The SMILES string of the molecule is CCC(C)(N)CN1CCCC1CN(C)C. The zero-order valence-electron chi connectivity index (χ0n) is 10.8. The van der Waals surface area contributed by atoms with Gasteiger partial charge in [-0.25, -0.2) is 0 Å². The third-order valence-electron chi connectivity index (χ3n) is 3.45. The highest BCUT2D eigenvalue weighted by atomic mass is 15.2. The Balaban J connectivity index is 2.46. The molecule has 0 radical (unpaired) electrons. The van der Waals surface area contributed by atoms with E-state index in [0.717, 1.165) is 19.0 Å². The lowest BCUT2D eigenvalue weighted by molar-refractivity contribution is 0.170. The van der Waals surface area contributed by atoms with E-state index in [9.17, 15) is 0 Å². The van der Waals surface area contributed by atoms with Gasteiger partial charge in [-0.3, -0.25) is 4.90 Å². The molecule has 0 saturated carbocycles. The zero-order valence-corrected chi connectivity index (χ0v) is 10.8. The van der Waals surface area contributed by atoms with Crippen LogP contribution in [0.3, 0.4) is 0 Å². The smallest absolute Gasteiger partial charge is 0.0252 e. The summed E-state index contributed by atoms with van der Waals surface area (Å²) < 4.78 is 0. The Morgan fingerprint density at radius 1 is 1.47 bits per heavy atom. The predicted octanol–water partition coefficient (Wildman–Crippen LogP) is 1.14. The van der Waals surface area contributed by atoms with Crippen molar-refractivity contribution in [2.24, 2.45) is 5.73 Å². The molecule has 0 bridgehead atoms. The number of nitrogens with two attached hydrogens (primary N) is 1. The summed E-state index contributed by atoms with van der Waals surface area (Å²) in [7, 11) is 4.30. The maximum atomic E-state index is 6.23. The van der Waals surface area contributed by atoms with Crippen molar-refractivity contribution in [3.8, 4) is 0 Å². The van der Waals surface area contributed by atoms with Crippen LogP contribution in [0.15, 0.2) is 0 Å². The van der Waals surface area contributed by atoms with Crippen LogP contribution >= 0.6 is 0 Å². The van der Waals surface area contributed by atoms with Crippen LogP contribution in [0.5, 0.6) is 0 Å². The Labute approximate surface area is 94.6 Å². The van der Waals surface area contributed by atoms with E-state index in [0.29, 0.717) is 0 Å². The van der Waals surface area contributed by atoms with Gasteiger partial charge in [0.2, 0.25) is 0 Å². The van der Waals surface area contributed by atoms with Gasteiger partial charge in [-0.1, -0.05) is 6.92 Å². The summed E-state index contributed by atoms with van der Waals surface area (Å²) in [6, 6.07) is 0.717. The molecule has 3 nitrogen and oxygen atoms in total. The van der Waals surface area contributed by atoms with Crippen molar-refractivity contribution in [3.05, 3.63) is 0 Å². The van der Waals surface area contributed by atoms with Crippen LogP contribution in [0, 0.1) is 0 Å². The molecule has 1 fully saturated rings. The Bertz CT molecular complexity index is 189. The first-order valence-electron chi connectivity index (χ1n) is 6.12. The average Bonchev–Trinajstić information content (AvgIpc) is 2.51. The van der Waals surface area contributed by atoms with Gasteiger partial charge in [0.25, 0.3) is 0 Å². The maximum absolute atomic E-state index is 6.23. The molecule has 2 N–H and O–H groups in total. The fraction of sp³-hybridized carbons (Fsp3) is 1.00. The van der Waals surface area contributed by atoms with Crippen molar-refractivity contribution in [2.45, 2.75) is 44.7 Å². The second-order valence-electron chi connectivity index (χ2n) is 5.54. The van der Waals surface area contributed by atoms with E-state index < -0.39 is 0 Å². The Morgan fingerprint density at radius 3 is 2.67 bits per heavy atom. The lowest BCUT2D eigenvalue weighted by atomic mass is 9.99. The van der Waals surface area contributed by atoms with Gasteiger partial charge >= 0.3 is 0 Å². The molecular weight excluding hydrogens is 186 g/mol. The second kappa shape index (κ2) is 5.28. The summed E-state index contributed by atoms with van der Waals surface area (Å²) in [4.78, 5) is 4.85. The Morgan fingerprint density at radius 2 is 2.13 bits per heavy atom. The minimum absolute atomic E-state index is 0.0189. The molecule has 1 rings (SSSR count). The molecule has 0 aromatic carbocycles. The van der Waals surface area contributed by atoms with Crippen LogP contribution < -0.4 is 5.73 Å². The Kier molecular flexibility index (Phi) is 4.56. The fourth-order valence-electron chi connectivity index (χ4n) is 2.31. The summed E-state index contributed by atoms with van der Waals surface area (Å²) in [6.07, 6.45) is 3.72. The summed E-state index contributed by atoms with van der Waals surface area (Å²) in [5.74, 6) is 0. The molecule has 1 aliphatic rings. The molecule has 1 saturated heterocycles. The normalized spacial score (nSPS) is 27.2. The molecule has 0 amide bonds. The van der Waals surface area contributed by atoms with Crippen molar-refractivity contribution < 1.29 is 0 Å². The average molecular weight is 213 g/mol. The standard InChI is InChI=1S/C12H27N3/c1-5-12(2,13)10-15-8-6-7-11(15)9-14(3)4/h11H,5-10,13H2,1-4H3. The first-order chi connectivity index (χ1) is 6.94. The van der Waals surface area contributed by atoms with E-state index in [2.05, 4.69) is 37.7 Å². The zero-order chi connectivity index (χ0) is 11.5. The summed E-state index contributed by atoms with van der Waals surface area (Å²) in [5.41, 5.74) is 6.21. The topological polar surface area (TPSA) is 32.5 Å². The third kappa shape index (κ3) is 4.09. The lowest BCUT2D eigenvalue weighted by Gasteiger charge is -2.34. The van der Waals surface area contributed by atoms with E-state index >= 15 is 0 Å². The van der Waals surface area contributed by atoms with Gasteiger partial charge in [0.05, 0.1) is 0 Å². The molecule has 2 atom stereocenters. The largest absolute Gasteiger partial charge is 0.324 e. The van der Waals surface area contributed by atoms with Gasteiger partial charge in [0, 0.05) is 24.7 Å². The molecule has 2 unspecified atom stereocenters. The minimum Gasteiger partial charge on any atom is -0.324 e. The highest BCUT2D eigenvalue weighted by molar-refractivity contribution is 4.88. The molecule has 3 heteroatoms. The van der Waals surface area contributed by atoms with E-state index in [1.165, 1.54) is 25.9 Å². The molecule has 15 heavy (non-hydrogen) atoms. The summed E-state index contributed by atoms with van der Waals surface area (Å²) in [5, 5.41) is 0. The van der Waals surface area contributed by atoms with Gasteiger partial charge in [-0.15, -0.1) is 0 Å². The van der Waals surface area contributed by atoms with Crippen LogP contribution in [0.1, 0.15) is 33.1 Å². The summed E-state index contributed by atoms with van der Waals surface area (Å²) >= 11 is 0. The second-order valence-corrected chi connectivity index (χ2v) is 5.54. The molecule has 1 heterocycles. The van der Waals surface area contributed by atoms with Crippen LogP contribution in [-0.4, -0.2) is 55.1 Å². The van der Waals surface area contributed by atoms with E-state index in [4.69, 9.17) is 5.73 Å². The van der Waals surface area contributed by atoms with E-state index in [-0.39, 0.29) is 5.54 Å². The summed E-state index contributed by atoms with van der Waals surface area (Å²) in [6.45, 7) is 7.78. The van der Waals surface area contributed by atoms with Gasteiger partial charge in [0.1, 0.15) is 0 Å². The maximum Gasteiger partial charge on any atom is 0.0252 e. The van der Waals surface area contributed by atoms with Crippen LogP contribution in [0.25, 0.3) is 0 Å². The molecule has 0 spiro atoms. The van der Waals surface area contributed by atoms with Crippen molar-refractivity contribution in [3.63, 3.8) is 0 Å². The van der Waals surface area contributed by atoms with Crippen molar-refractivity contribution in [1.29, 1.82) is 0 Å². The van der Waals surface area contributed by atoms with Crippen molar-refractivity contribution >= 4 is 0 Å². The lowest BCUT2D eigenvalue weighted by Crippen LogP contribution is -2.50. The van der Waals surface area contributed by atoms with Gasteiger partial charge < -0.3 is 10.6 Å². The quantitative estimate of drug-likeness (QED) is 0.743. The van der Waals surface area contributed by atoms with E-state index in [1.54, 1.807) is 0 Å². The number of hydrogen-bond donors (Lipinski definition) is 1. The van der Waals surface area contributed by atoms with Crippen LogP contribution in [0.2, 0.25) is 0 Å². The van der Waals surface area contributed by atoms with Crippen molar-refractivity contribution in [2.75, 3.05) is 33.7 Å². The minimum atomic E-state index is -0.0189. The molecule has 0 aromatic heterocycles. The first-order valence-corrected chi connectivity index (χ1v) is 6.12. The molecule has 0 aromatic rings. The van der Waals surface area contributed by atoms with E-state index in [1.807, 2.05) is 0 Å². The monoisotopic (exact) mass is 213 g/mol. The molecule has 90 valence electrons. The predicted molar refractivity (Wildman–Crippen MR) is 66.0 cm³/mol. The molecular formula is C12H27N3. The van der Waals surface area contributed by atoms with Gasteiger partial charge in [-0.05, 0) is 46.8 Å². The number of hydrogen-bond acceptors (Lipinski definition) is 3. The highest BCUT2D eigenvalue weighted by Crippen LogP contribution is 2.20. The van der Waals surface area contributed by atoms with Gasteiger partial charge in [0.15, 0.2) is 0 Å². The van der Waals surface area contributed by atoms with Crippen LogP contribution in [0.4, 0.5) is 0 Å².